The highest BCUT2D eigenvalue weighted by Gasteiger charge is 2.30. The first-order valence-electron chi connectivity index (χ1n) is 8.99. The van der Waals surface area contributed by atoms with Gasteiger partial charge in [0.2, 0.25) is 21.9 Å². The second-order valence-corrected chi connectivity index (χ2v) is 8.11. The normalized spacial score (nSPS) is 16.1. The minimum absolute atomic E-state index is 0.0776. The van der Waals surface area contributed by atoms with Crippen molar-refractivity contribution < 1.29 is 17.6 Å². The van der Waals surface area contributed by atoms with E-state index in [9.17, 15) is 17.6 Å². The maximum Gasteiger partial charge on any atom is 0.241 e. The second kappa shape index (κ2) is 8.61. The minimum Gasteiger partial charge on any atom is -0.338 e. The number of carbonyl (C=O) groups excluding carboxylic acids is 1. The standard InChI is InChI=1S/C18H22FN5O3S/c1-2-16(22-28(26,27)15-6-4-14(19)5-7-15)17(25)23-10-12-24(13-11-23)18-20-8-3-9-21-18/h3-9,16,22H,2,10-13H2,1H3. The molecular weight excluding hydrogens is 385 g/mol. The number of amides is 1. The van der Waals surface area contributed by atoms with E-state index in [0.29, 0.717) is 38.5 Å². The van der Waals surface area contributed by atoms with Crippen molar-refractivity contribution in [3.8, 4) is 0 Å². The summed E-state index contributed by atoms with van der Waals surface area (Å²) in [6, 6.07) is 5.35. The van der Waals surface area contributed by atoms with Crippen molar-refractivity contribution in [1.29, 1.82) is 0 Å². The molecule has 0 bridgehead atoms. The number of rotatable bonds is 6. The summed E-state index contributed by atoms with van der Waals surface area (Å²) in [5.74, 6) is -0.192. The largest absolute Gasteiger partial charge is 0.338 e. The summed E-state index contributed by atoms with van der Waals surface area (Å²) in [5, 5.41) is 0. The molecule has 8 nitrogen and oxygen atoms in total. The summed E-state index contributed by atoms with van der Waals surface area (Å²) in [4.78, 5) is 24.8. The van der Waals surface area contributed by atoms with Crippen LogP contribution in [0.5, 0.6) is 0 Å². The third-order valence-electron chi connectivity index (χ3n) is 4.55. The van der Waals surface area contributed by atoms with Crippen LogP contribution in [0.25, 0.3) is 0 Å². The van der Waals surface area contributed by atoms with Gasteiger partial charge in [0.05, 0.1) is 4.90 Å². The molecule has 1 atom stereocenters. The van der Waals surface area contributed by atoms with E-state index < -0.39 is 21.9 Å². The van der Waals surface area contributed by atoms with Gasteiger partial charge in [-0.2, -0.15) is 4.72 Å². The molecule has 10 heteroatoms. The minimum atomic E-state index is -3.92. The van der Waals surface area contributed by atoms with E-state index >= 15 is 0 Å². The molecule has 3 rings (SSSR count). The molecule has 28 heavy (non-hydrogen) atoms. The van der Waals surface area contributed by atoms with E-state index in [0.717, 1.165) is 12.1 Å². The van der Waals surface area contributed by atoms with Crippen molar-refractivity contribution >= 4 is 21.9 Å². The molecule has 0 aliphatic carbocycles. The van der Waals surface area contributed by atoms with Gasteiger partial charge in [0, 0.05) is 38.6 Å². The van der Waals surface area contributed by atoms with Crippen LogP contribution in [0.1, 0.15) is 13.3 Å². The molecule has 1 fully saturated rings. The first-order valence-corrected chi connectivity index (χ1v) is 10.5. The van der Waals surface area contributed by atoms with Gasteiger partial charge in [-0.05, 0) is 36.8 Å². The Morgan fingerprint density at radius 2 is 1.75 bits per heavy atom. The predicted octanol–water partition coefficient (Wildman–Crippen LogP) is 1.02. The third kappa shape index (κ3) is 4.63. The molecule has 1 aliphatic heterocycles. The Hall–Kier alpha value is -2.59. The average Bonchev–Trinajstić information content (AvgIpc) is 2.72. The molecule has 1 unspecified atom stereocenters. The van der Waals surface area contributed by atoms with Crippen molar-refractivity contribution in [2.75, 3.05) is 31.1 Å². The Bertz CT molecular complexity index is 901. The van der Waals surface area contributed by atoms with E-state index in [2.05, 4.69) is 14.7 Å². The molecule has 0 spiro atoms. The van der Waals surface area contributed by atoms with Crippen molar-refractivity contribution in [3.05, 3.63) is 48.5 Å². The summed E-state index contributed by atoms with van der Waals surface area (Å²) in [7, 11) is -3.92. The number of aromatic nitrogens is 2. The lowest BCUT2D eigenvalue weighted by molar-refractivity contribution is -0.133. The molecule has 1 amide bonds. The van der Waals surface area contributed by atoms with Crippen LogP contribution in [0.15, 0.2) is 47.6 Å². The zero-order chi connectivity index (χ0) is 20.1. The number of carbonyl (C=O) groups is 1. The Kier molecular flexibility index (Phi) is 6.20. The average molecular weight is 407 g/mol. The van der Waals surface area contributed by atoms with Gasteiger partial charge in [0.1, 0.15) is 11.9 Å². The van der Waals surface area contributed by atoms with Crippen LogP contribution in [-0.2, 0) is 14.8 Å². The number of nitrogens with zero attached hydrogens (tertiary/aromatic N) is 4. The Balaban J connectivity index is 1.63. The zero-order valence-electron chi connectivity index (χ0n) is 15.5. The number of hydrogen-bond donors (Lipinski definition) is 1. The lowest BCUT2D eigenvalue weighted by Gasteiger charge is -2.36. The van der Waals surface area contributed by atoms with Crippen molar-refractivity contribution in [2.45, 2.75) is 24.3 Å². The molecular formula is C18H22FN5O3S. The third-order valence-corrected chi connectivity index (χ3v) is 6.04. The fourth-order valence-electron chi connectivity index (χ4n) is 2.98. The molecule has 2 aromatic rings. The van der Waals surface area contributed by atoms with Crippen LogP contribution < -0.4 is 9.62 Å². The molecule has 1 aromatic carbocycles. The summed E-state index contributed by atoms with van der Waals surface area (Å²) in [6.45, 7) is 3.77. The molecule has 1 saturated heterocycles. The van der Waals surface area contributed by atoms with E-state index in [1.54, 1.807) is 30.3 Å². The molecule has 0 saturated carbocycles. The van der Waals surface area contributed by atoms with Gasteiger partial charge in [0.25, 0.3) is 0 Å². The van der Waals surface area contributed by atoms with Crippen molar-refractivity contribution in [1.82, 2.24) is 19.6 Å². The van der Waals surface area contributed by atoms with Crippen molar-refractivity contribution in [2.24, 2.45) is 0 Å². The first kappa shape index (κ1) is 20.2. The summed E-state index contributed by atoms with van der Waals surface area (Å²) < 4.78 is 40.5. The van der Waals surface area contributed by atoms with Gasteiger partial charge >= 0.3 is 0 Å². The van der Waals surface area contributed by atoms with Gasteiger partial charge in [-0.15, -0.1) is 0 Å². The fourth-order valence-corrected chi connectivity index (χ4v) is 4.25. The van der Waals surface area contributed by atoms with E-state index in [1.807, 2.05) is 4.90 Å². The monoisotopic (exact) mass is 407 g/mol. The van der Waals surface area contributed by atoms with Crippen LogP contribution in [0, 0.1) is 5.82 Å². The van der Waals surface area contributed by atoms with Gasteiger partial charge < -0.3 is 9.80 Å². The molecule has 150 valence electrons. The Morgan fingerprint density at radius 1 is 1.14 bits per heavy atom. The van der Waals surface area contributed by atoms with Crippen LogP contribution in [0.2, 0.25) is 0 Å². The molecule has 2 heterocycles. The predicted molar refractivity (Wildman–Crippen MR) is 102 cm³/mol. The molecule has 1 N–H and O–H groups in total. The lowest BCUT2D eigenvalue weighted by atomic mass is 10.2. The van der Waals surface area contributed by atoms with E-state index in [1.165, 1.54) is 12.1 Å². The number of halogens is 1. The first-order chi connectivity index (χ1) is 13.4. The lowest BCUT2D eigenvalue weighted by Crippen LogP contribution is -2.55. The highest BCUT2D eigenvalue weighted by Crippen LogP contribution is 2.14. The number of nitrogens with one attached hydrogen (secondary N) is 1. The Morgan fingerprint density at radius 3 is 2.32 bits per heavy atom. The maximum atomic E-state index is 13.0. The summed E-state index contributed by atoms with van der Waals surface area (Å²) in [5.41, 5.74) is 0. The highest BCUT2D eigenvalue weighted by atomic mass is 32.2. The molecule has 0 radical (unpaired) electrons. The van der Waals surface area contributed by atoms with E-state index in [4.69, 9.17) is 0 Å². The second-order valence-electron chi connectivity index (χ2n) is 6.40. The quantitative estimate of drug-likeness (QED) is 0.768. The van der Waals surface area contributed by atoms with Crippen LogP contribution >= 0.6 is 0 Å². The number of piperazine rings is 1. The number of benzene rings is 1. The summed E-state index contributed by atoms with van der Waals surface area (Å²) in [6.07, 6.45) is 3.63. The maximum absolute atomic E-state index is 13.0. The van der Waals surface area contributed by atoms with Crippen LogP contribution in [0.3, 0.4) is 0 Å². The van der Waals surface area contributed by atoms with Gasteiger partial charge in [-0.25, -0.2) is 22.8 Å². The fraction of sp³-hybridized carbons (Fsp3) is 0.389. The van der Waals surface area contributed by atoms with Crippen molar-refractivity contribution in [3.63, 3.8) is 0 Å². The molecule has 1 aliphatic rings. The van der Waals surface area contributed by atoms with Gasteiger partial charge in [-0.3, -0.25) is 4.79 Å². The van der Waals surface area contributed by atoms with Crippen LogP contribution in [-0.4, -0.2) is 61.4 Å². The zero-order valence-corrected chi connectivity index (χ0v) is 16.3. The highest BCUT2D eigenvalue weighted by molar-refractivity contribution is 7.89. The number of sulfonamides is 1. The summed E-state index contributed by atoms with van der Waals surface area (Å²) >= 11 is 0. The number of hydrogen-bond acceptors (Lipinski definition) is 6. The smallest absolute Gasteiger partial charge is 0.241 e. The molecule has 1 aromatic heterocycles. The van der Waals surface area contributed by atoms with Gasteiger partial charge in [0.15, 0.2) is 0 Å². The van der Waals surface area contributed by atoms with E-state index in [-0.39, 0.29) is 10.8 Å². The van der Waals surface area contributed by atoms with Gasteiger partial charge in [-0.1, -0.05) is 6.92 Å². The van der Waals surface area contributed by atoms with Crippen LogP contribution in [0.4, 0.5) is 10.3 Å². The topological polar surface area (TPSA) is 95.5 Å². The number of anilines is 1. The SMILES string of the molecule is CCC(NS(=O)(=O)c1ccc(F)cc1)C(=O)N1CCN(c2ncccn2)CC1. The Labute approximate surface area is 163 Å².